The number of ether oxygens (including phenoxy) is 1. The molecule has 3 aromatic rings. The SMILES string of the molecule is COc1cccc(F)c1-c1cccc(C(=O)Nc2cc(F)ccc2N2CC3CC2N3)c1F. The minimum Gasteiger partial charge on any atom is -0.496 e. The molecule has 3 saturated heterocycles. The van der Waals surface area contributed by atoms with Gasteiger partial charge in [0.1, 0.15) is 23.2 Å². The summed E-state index contributed by atoms with van der Waals surface area (Å²) in [5, 5.41) is 5.99. The van der Waals surface area contributed by atoms with Gasteiger partial charge in [-0.3, -0.25) is 10.1 Å². The molecule has 5 nitrogen and oxygen atoms in total. The third-order valence-electron chi connectivity index (χ3n) is 5.95. The van der Waals surface area contributed by atoms with Gasteiger partial charge in [0, 0.05) is 18.2 Å². The van der Waals surface area contributed by atoms with Crippen molar-refractivity contribution in [2.24, 2.45) is 0 Å². The largest absolute Gasteiger partial charge is 0.496 e. The molecule has 0 radical (unpaired) electrons. The maximum absolute atomic E-state index is 15.4. The second-order valence-electron chi connectivity index (χ2n) is 7.87. The number of halogens is 3. The number of amides is 1. The summed E-state index contributed by atoms with van der Waals surface area (Å²) in [6, 6.07) is 12.8. The van der Waals surface area contributed by atoms with Crippen LogP contribution in [-0.4, -0.2) is 31.8 Å². The van der Waals surface area contributed by atoms with Gasteiger partial charge >= 0.3 is 0 Å². The van der Waals surface area contributed by atoms with Crippen LogP contribution in [0.4, 0.5) is 24.5 Å². The molecule has 32 heavy (non-hydrogen) atoms. The molecule has 3 aromatic carbocycles. The van der Waals surface area contributed by atoms with Crippen LogP contribution in [0.5, 0.6) is 5.75 Å². The van der Waals surface area contributed by atoms with Crippen molar-refractivity contribution in [2.45, 2.75) is 18.6 Å². The van der Waals surface area contributed by atoms with Crippen LogP contribution in [0.1, 0.15) is 16.8 Å². The zero-order valence-electron chi connectivity index (χ0n) is 17.2. The normalized spacial score (nSPS) is 18.9. The summed E-state index contributed by atoms with van der Waals surface area (Å²) >= 11 is 0. The number of benzene rings is 3. The highest BCUT2D eigenvalue weighted by molar-refractivity contribution is 6.07. The van der Waals surface area contributed by atoms with E-state index in [1.165, 1.54) is 55.6 Å². The minimum absolute atomic E-state index is 0.0727. The monoisotopic (exact) mass is 439 g/mol. The van der Waals surface area contributed by atoms with Crippen LogP contribution >= 0.6 is 0 Å². The Morgan fingerprint density at radius 1 is 1.12 bits per heavy atom. The Morgan fingerprint density at radius 2 is 1.91 bits per heavy atom. The van der Waals surface area contributed by atoms with Crippen molar-refractivity contribution in [1.82, 2.24) is 5.32 Å². The van der Waals surface area contributed by atoms with E-state index < -0.39 is 23.4 Å². The zero-order valence-corrected chi connectivity index (χ0v) is 17.2. The van der Waals surface area contributed by atoms with Gasteiger partial charge in [0.15, 0.2) is 0 Å². The molecule has 164 valence electrons. The first kappa shape index (κ1) is 20.4. The molecular formula is C24H20F3N3O2. The third-order valence-corrected chi connectivity index (χ3v) is 5.95. The highest BCUT2D eigenvalue weighted by Crippen LogP contribution is 2.38. The standard InChI is InChI=1S/C24H20F3N3O2/c1-32-20-7-3-6-17(26)22(20)15-4-2-5-16(23(15)27)24(31)29-18-10-13(25)8-9-19(18)30-12-14-11-21(30)28-14/h2-10,14,21,28H,11-12H2,1H3,(H,29,31). The fourth-order valence-electron chi connectivity index (χ4n) is 4.38. The van der Waals surface area contributed by atoms with Crippen molar-refractivity contribution >= 4 is 17.3 Å². The molecule has 2 bridgehead atoms. The van der Waals surface area contributed by atoms with Gasteiger partial charge in [0.25, 0.3) is 5.91 Å². The number of carbonyl (C=O) groups excluding carboxylic acids is 1. The zero-order chi connectivity index (χ0) is 22.4. The van der Waals surface area contributed by atoms with Crippen LogP contribution in [0, 0.1) is 17.5 Å². The van der Waals surface area contributed by atoms with Crippen molar-refractivity contribution in [3.05, 3.63) is 77.6 Å². The topological polar surface area (TPSA) is 53.6 Å². The molecule has 0 saturated carbocycles. The number of rotatable bonds is 5. The lowest BCUT2D eigenvalue weighted by Crippen LogP contribution is -2.47. The number of carbonyl (C=O) groups is 1. The summed E-state index contributed by atoms with van der Waals surface area (Å²) in [5.74, 6) is -2.69. The number of nitrogens with one attached hydrogen (secondary N) is 2. The van der Waals surface area contributed by atoms with E-state index in [1.54, 1.807) is 6.07 Å². The van der Waals surface area contributed by atoms with Crippen LogP contribution in [0.25, 0.3) is 11.1 Å². The lowest BCUT2D eigenvalue weighted by molar-refractivity contribution is 0.102. The fourth-order valence-corrected chi connectivity index (χ4v) is 4.38. The summed E-state index contributed by atoms with van der Waals surface area (Å²) in [5.41, 5.74) is 0.446. The van der Waals surface area contributed by atoms with Crippen molar-refractivity contribution in [3.8, 4) is 16.9 Å². The van der Waals surface area contributed by atoms with Gasteiger partial charge in [-0.1, -0.05) is 18.2 Å². The summed E-state index contributed by atoms with van der Waals surface area (Å²) in [4.78, 5) is 15.0. The van der Waals surface area contributed by atoms with Crippen LogP contribution in [0.2, 0.25) is 0 Å². The lowest BCUT2D eigenvalue weighted by Gasteiger charge is -2.30. The van der Waals surface area contributed by atoms with E-state index in [0.717, 1.165) is 13.0 Å². The van der Waals surface area contributed by atoms with Gasteiger partial charge in [-0.25, -0.2) is 13.2 Å². The third kappa shape index (κ3) is 3.36. The Kier molecular flexibility index (Phi) is 5.01. The van der Waals surface area contributed by atoms with E-state index in [0.29, 0.717) is 11.7 Å². The quantitative estimate of drug-likeness (QED) is 0.613. The first-order chi connectivity index (χ1) is 15.5. The van der Waals surface area contributed by atoms with E-state index in [-0.39, 0.29) is 34.3 Å². The highest BCUT2D eigenvalue weighted by Gasteiger charge is 2.43. The van der Waals surface area contributed by atoms with Crippen molar-refractivity contribution < 1.29 is 22.7 Å². The number of fused-ring (bicyclic) bond motifs is 1. The van der Waals surface area contributed by atoms with E-state index in [9.17, 15) is 13.6 Å². The number of hydrogen-bond donors (Lipinski definition) is 2. The van der Waals surface area contributed by atoms with Gasteiger partial charge in [0.2, 0.25) is 0 Å². The van der Waals surface area contributed by atoms with Crippen LogP contribution < -0.4 is 20.3 Å². The summed E-state index contributed by atoms with van der Waals surface area (Å²) in [6.07, 6.45) is 1.11. The summed E-state index contributed by atoms with van der Waals surface area (Å²) < 4.78 is 49.0. The summed E-state index contributed by atoms with van der Waals surface area (Å²) in [6.45, 7) is 0.746. The highest BCUT2D eigenvalue weighted by atomic mass is 19.1. The minimum atomic E-state index is -0.892. The number of hydrogen-bond acceptors (Lipinski definition) is 4. The van der Waals surface area contributed by atoms with Crippen molar-refractivity contribution in [2.75, 3.05) is 23.9 Å². The Hall–Kier alpha value is -3.52. The number of methoxy groups -OCH3 is 1. The molecule has 3 heterocycles. The van der Waals surface area contributed by atoms with E-state index >= 15 is 4.39 Å². The fraction of sp³-hybridized carbons (Fsp3) is 0.208. The number of anilines is 2. The first-order valence-electron chi connectivity index (χ1n) is 10.2. The van der Waals surface area contributed by atoms with Gasteiger partial charge in [0.05, 0.1) is 35.8 Å². The molecule has 0 spiro atoms. The Bertz CT molecular complexity index is 1210. The van der Waals surface area contributed by atoms with Crippen LogP contribution in [0.15, 0.2) is 54.6 Å². The molecule has 1 amide bonds. The van der Waals surface area contributed by atoms with Crippen LogP contribution in [-0.2, 0) is 0 Å². The molecule has 3 aliphatic rings. The van der Waals surface area contributed by atoms with E-state index in [2.05, 4.69) is 15.5 Å². The lowest BCUT2D eigenvalue weighted by atomic mass is 10.00. The summed E-state index contributed by atoms with van der Waals surface area (Å²) in [7, 11) is 1.36. The first-order valence-corrected chi connectivity index (χ1v) is 10.2. The number of nitrogens with zero attached hydrogens (tertiary/aromatic N) is 1. The predicted octanol–water partition coefficient (Wildman–Crippen LogP) is 4.54. The molecule has 3 fully saturated rings. The van der Waals surface area contributed by atoms with Crippen LogP contribution in [0.3, 0.4) is 0 Å². The van der Waals surface area contributed by atoms with Crippen molar-refractivity contribution in [3.63, 3.8) is 0 Å². The van der Waals surface area contributed by atoms with Crippen molar-refractivity contribution in [1.29, 1.82) is 0 Å². The van der Waals surface area contributed by atoms with Gasteiger partial charge in [-0.2, -0.15) is 0 Å². The second-order valence-corrected chi connectivity index (χ2v) is 7.87. The maximum atomic E-state index is 15.4. The molecule has 3 aliphatic heterocycles. The van der Waals surface area contributed by atoms with Gasteiger partial charge in [-0.05, 0) is 42.8 Å². The van der Waals surface area contributed by atoms with Gasteiger partial charge in [-0.15, -0.1) is 0 Å². The molecular weight excluding hydrogens is 419 g/mol. The Balaban J connectivity index is 1.50. The molecule has 0 aliphatic carbocycles. The molecule has 2 N–H and O–H groups in total. The second kappa shape index (κ2) is 7.87. The molecule has 0 aromatic heterocycles. The Labute approximate surface area is 182 Å². The molecule has 2 atom stereocenters. The molecule has 6 rings (SSSR count). The van der Waals surface area contributed by atoms with E-state index in [4.69, 9.17) is 4.74 Å². The Morgan fingerprint density at radius 3 is 2.62 bits per heavy atom. The molecule has 8 heteroatoms. The molecule has 2 unspecified atom stereocenters. The van der Waals surface area contributed by atoms with E-state index in [1.807, 2.05) is 0 Å². The maximum Gasteiger partial charge on any atom is 0.258 e. The smallest absolute Gasteiger partial charge is 0.258 e. The van der Waals surface area contributed by atoms with Gasteiger partial charge < -0.3 is 15.0 Å². The average molecular weight is 439 g/mol. The predicted molar refractivity (Wildman–Crippen MR) is 115 cm³/mol. The average Bonchev–Trinajstić information content (AvgIpc) is 3.35.